The van der Waals surface area contributed by atoms with Crippen LogP contribution in [0.15, 0.2) is 42.9 Å². The van der Waals surface area contributed by atoms with E-state index in [9.17, 15) is 14.4 Å². The normalized spacial score (nSPS) is 10.7. The van der Waals surface area contributed by atoms with Crippen LogP contribution in [0.4, 0.5) is 5.69 Å². The molecule has 2 heterocycles. The Morgan fingerprint density at radius 3 is 2.53 bits per heavy atom. The maximum atomic E-state index is 12.7. The van der Waals surface area contributed by atoms with Crippen molar-refractivity contribution in [3.05, 3.63) is 54.0 Å². The maximum Gasteiger partial charge on any atom is 0.340 e. The zero-order valence-electron chi connectivity index (χ0n) is 18.7. The van der Waals surface area contributed by atoms with Crippen molar-refractivity contribution in [3.63, 3.8) is 0 Å². The monoisotopic (exact) mass is 435 g/mol. The third kappa shape index (κ3) is 4.22. The molecule has 0 atom stereocenters. The van der Waals surface area contributed by atoms with E-state index in [4.69, 9.17) is 4.74 Å². The van der Waals surface area contributed by atoms with Crippen LogP contribution in [0.1, 0.15) is 34.6 Å². The fraction of sp³-hybridized carbons (Fsp3) is 0.261. The van der Waals surface area contributed by atoms with Crippen molar-refractivity contribution >= 4 is 34.5 Å². The molecule has 9 nitrogen and oxygen atoms in total. The first-order valence-corrected chi connectivity index (χ1v) is 9.95. The minimum Gasteiger partial charge on any atom is -0.462 e. The number of benzene rings is 1. The van der Waals surface area contributed by atoms with Crippen molar-refractivity contribution in [1.29, 1.82) is 0 Å². The molecule has 0 aliphatic heterocycles. The molecule has 3 rings (SSSR count). The highest BCUT2D eigenvalue weighted by molar-refractivity contribution is 6.11. The number of aromatic nitrogens is 3. The lowest BCUT2D eigenvalue weighted by molar-refractivity contribution is -0.112. The molecule has 32 heavy (non-hydrogen) atoms. The molecule has 0 radical (unpaired) electrons. The smallest absolute Gasteiger partial charge is 0.340 e. The van der Waals surface area contributed by atoms with Gasteiger partial charge in [0.1, 0.15) is 12.0 Å². The largest absolute Gasteiger partial charge is 0.462 e. The molecule has 2 aromatic heterocycles. The first-order valence-electron chi connectivity index (χ1n) is 9.95. The van der Waals surface area contributed by atoms with Gasteiger partial charge in [-0.2, -0.15) is 0 Å². The number of aryl methyl sites for hydroxylation is 1. The summed E-state index contributed by atoms with van der Waals surface area (Å²) in [5, 5.41) is 3.27. The molecule has 0 fully saturated rings. The number of carbonyl (C=O) groups excluding carboxylic acids is 3. The van der Waals surface area contributed by atoms with Crippen molar-refractivity contribution < 1.29 is 19.1 Å². The maximum absolute atomic E-state index is 12.7. The van der Waals surface area contributed by atoms with E-state index in [2.05, 4.69) is 21.9 Å². The Balaban J connectivity index is 2.23. The van der Waals surface area contributed by atoms with E-state index in [0.717, 1.165) is 0 Å². The molecule has 0 saturated carbocycles. The van der Waals surface area contributed by atoms with Gasteiger partial charge in [-0.1, -0.05) is 12.6 Å². The number of carbonyl (C=O) groups is 3. The molecule has 0 aliphatic rings. The highest BCUT2D eigenvalue weighted by atomic mass is 16.5. The topological polar surface area (TPSA) is 106 Å². The second-order valence-corrected chi connectivity index (χ2v) is 7.49. The Bertz CT molecular complexity index is 1240. The lowest BCUT2D eigenvalue weighted by Crippen LogP contribution is -2.24. The number of anilines is 1. The summed E-state index contributed by atoms with van der Waals surface area (Å²) in [7, 11) is 5.04. The van der Waals surface area contributed by atoms with E-state index in [1.54, 1.807) is 64.0 Å². The molecule has 3 aromatic rings. The SMILES string of the molecule is C=C(C)C(=O)Nc1cc(-c2ncnc3c2c(C(=O)OCC)cn3C)ccc1C(=O)N(C)C. The number of hydrogen-bond acceptors (Lipinski definition) is 6. The van der Waals surface area contributed by atoms with Gasteiger partial charge in [0, 0.05) is 38.5 Å². The minimum absolute atomic E-state index is 0.233. The van der Waals surface area contributed by atoms with Crippen LogP contribution in [0.5, 0.6) is 0 Å². The van der Waals surface area contributed by atoms with Gasteiger partial charge < -0.3 is 19.5 Å². The fourth-order valence-electron chi connectivity index (χ4n) is 3.24. The van der Waals surface area contributed by atoms with E-state index in [1.165, 1.54) is 11.2 Å². The fourth-order valence-corrected chi connectivity index (χ4v) is 3.24. The van der Waals surface area contributed by atoms with Crippen LogP contribution in [0.25, 0.3) is 22.3 Å². The second-order valence-electron chi connectivity index (χ2n) is 7.49. The first-order chi connectivity index (χ1) is 15.1. The van der Waals surface area contributed by atoms with E-state index >= 15 is 0 Å². The lowest BCUT2D eigenvalue weighted by atomic mass is 10.0. The summed E-state index contributed by atoms with van der Waals surface area (Å²) >= 11 is 0. The molecule has 2 amide bonds. The van der Waals surface area contributed by atoms with Gasteiger partial charge in [-0.05, 0) is 26.0 Å². The predicted octanol–water partition coefficient (Wildman–Crippen LogP) is 3.03. The van der Waals surface area contributed by atoms with Gasteiger partial charge in [-0.3, -0.25) is 9.59 Å². The van der Waals surface area contributed by atoms with Gasteiger partial charge in [0.25, 0.3) is 11.8 Å². The summed E-state index contributed by atoms with van der Waals surface area (Å²) in [5.41, 5.74) is 2.90. The van der Waals surface area contributed by atoms with Crippen LogP contribution in [0.3, 0.4) is 0 Å². The van der Waals surface area contributed by atoms with Crippen LogP contribution in [0, 0.1) is 0 Å². The van der Waals surface area contributed by atoms with Crippen LogP contribution in [0.2, 0.25) is 0 Å². The van der Waals surface area contributed by atoms with Gasteiger partial charge in [0.15, 0.2) is 0 Å². The van der Waals surface area contributed by atoms with E-state index in [0.29, 0.717) is 44.7 Å². The number of rotatable bonds is 6. The van der Waals surface area contributed by atoms with Crippen molar-refractivity contribution in [2.75, 3.05) is 26.0 Å². The molecule has 0 unspecified atom stereocenters. The molecular formula is C23H25N5O4. The number of nitrogens with one attached hydrogen (secondary N) is 1. The van der Waals surface area contributed by atoms with Crippen molar-refractivity contribution in [2.24, 2.45) is 7.05 Å². The highest BCUT2D eigenvalue weighted by Crippen LogP contribution is 2.32. The lowest BCUT2D eigenvalue weighted by Gasteiger charge is -2.16. The summed E-state index contributed by atoms with van der Waals surface area (Å²) in [6, 6.07) is 4.99. The number of hydrogen-bond donors (Lipinski definition) is 1. The van der Waals surface area contributed by atoms with Crippen molar-refractivity contribution in [1.82, 2.24) is 19.4 Å². The highest BCUT2D eigenvalue weighted by Gasteiger charge is 2.22. The molecule has 0 bridgehead atoms. The molecule has 9 heteroatoms. The van der Waals surface area contributed by atoms with E-state index in [1.807, 2.05) is 0 Å². The van der Waals surface area contributed by atoms with Gasteiger partial charge in [0.05, 0.1) is 34.5 Å². The predicted molar refractivity (Wildman–Crippen MR) is 121 cm³/mol. The number of nitrogens with zero attached hydrogens (tertiary/aromatic N) is 4. The average Bonchev–Trinajstić information content (AvgIpc) is 3.10. The van der Waals surface area contributed by atoms with Gasteiger partial charge in [-0.15, -0.1) is 0 Å². The number of fused-ring (bicyclic) bond motifs is 1. The third-order valence-corrected chi connectivity index (χ3v) is 4.81. The summed E-state index contributed by atoms with van der Waals surface area (Å²) in [4.78, 5) is 47.6. The average molecular weight is 435 g/mol. The minimum atomic E-state index is -0.482. The Labute approximate surface area is 185 Å². The second kappa shape index (κ2) is 9.01. The summed E-state index contributed by atoms with van der Waals surface area (Å²) in [6.45, 7) is 7.20. The molecule has 0 spiro atoms. The molecule has 1 N–H and O–H groups in total. The molecule has 0 aliphatic carbocycles. The van der Waals surface area contributed by atoms with Crippen LogP contribution < -0.4 is 5.32 Å². The zero-order chi connectivity index (χ0) is 23.6. The Morgan fingerprint density at radius 2 is 1.91 bits per heavy atom. The molecule has 0 saturated heterocycles. The summed E-state index contributed by atoms with van der Waals surface area (Å²) < 4.78 is 6.92. The van der Waals surface area contributed by atoms with Gasteiger partial charge in [-0.25, -0.2) is 14.8 Å². The van der Waals surface area contributed by atoms with Gasteiger partial charge >= 0.3 is 5.97 Å². The summed E-state index contributed by atoms with van der Waals surface area (Å²) in [6.07, 6.45) is 3.05. The van der Waals surface area contributed by atoms with Crippen molar-refractivity contribution in [3.8, 4) is 11.3 Å². The van der Waals surface area contributed by atoms with E-state index < -0.39 is 11.9 Å². The van der Waals surface area contributed by atoms with E-state index in [-0.39, 0.29) is 12.5 Å². The Morgan fingerprint density at radius 1 is 1.19 bits per heavy atom. The molecular weight excluding hydrogens is 410 g/mol. The number of ether oxygens (including phenoxy) is 1. The van der Waals surface area contributed by atoms with Gasteiger partial charge in [0.2, 0.25) is 0 Å². The Hall–Kier alpha value is -4.01. The molecule has 166 valence electrons. The van der Waals surface area contributed by atoms with Crippen LogP contribution >= 0.6 is 0 Å². The number of esters is 1. The first kappa shape index (κ1) is 22.7. The third-order valence-electron chi connectivity index (χ3n) is 4.81. The summed E-state index contributed by atoms with van der Waals surface area (Å²) in [5.74, 6) is -1.16. The Kier molecular flexibility index (Phi) is 6.38. The van der Waals surface area contributed by atoms with Crippen LogP contribution in [-0.4, -0.2) is 57.9 Å². The number of amides is 2. The molecule has 1 aromatic carbocycles. The van der Waals surface area contributed by atoms with Crippen LogP contribution in [-0.2, 0) is 16.6 Å². The zero-order valence-corrected chi connectivity index (χ0v) is 18.7. The standard InChI is InChI=1S/C23H25N5O4/c1-7-32-23(31)16-11-28(6)20-18(16)19(24-12-25-20)14-8-9-15(22(30)27(4)5)17(10-14)26-21(29)13(2)3/h8-12H,2,7H2,1,3-6H3,(H,26,29). The quantitative estimate of drug-likeness (QED) is 0.471. The van der Waals surface area contributed by atoms with Crippen molar-refractivity contribution in [2.45, 2.75) is 13.8 Å².